The molecule has 0 amide bonds. The molecule has 3 heteroatoms. The second-order valence-corrected chi connectivity index (χ2v) is 15.4. The molecule has 0 saturated carbocycles. The minimum atomic E-state index is 0.901. The fourth-order valence-electron chi connectivity index (χ4n) is 8.55. The summed E-state index contributed by atoms with van der Waals surface area (Å²) in [6, 6.07) is 63.9. The number of fused-ring (bicyclic) bond motifs is 7. The Kier molecular flexibility index (Phi) is 7.53. The molecule has 2 nitrogen and oxygen atoms in total. The summed E-state index contributed by atoms with van der Waals surface area (Å²) in [6.45, 7) is 0. The number of allylic oxidation sites excluding steroid dienone is 1. The zero-order valence-corrected chi connectivity index (χ0v) is 30.9. The van der Waals surface area contributed by atoms with E-state index in [1.165, 1.54) is 48.0 Å². The molecule has 0 saturated heterocycles. The van der Waals surface area contributed by atoms with E-state index < -0.39 is 0 Å². The van der Waals surface area contributed by atoms with Crippen molar-refractivity contribution in [2.24, 2.45) is 0 Å². The van der Waals surface area contributed by atoms with E-state index in [-0.39, 0.29) is 0 Å². The van der Waals surface area contributed by atoms with E-state index in [4.69, 9.17) is 4.42 Å². The number of para-hydroxylation sites is 2. The predicted molar refractivity (Wildman–Crippen MR) is 235 cm³/mol. The van der Waals surface area contributed by atoms with Crippen LogP contribution in [0.15, 0.2) is 186 Å². The Hall–Kier alpha value is -6.68. The summed E-state index contributed by atoms with van der Waals surface area (Å²) in [5, 5.41) is 6.05. The summed E-state index contributed by atoms with van der Waals surface area (Å²) in [6.07, 6.45) is 6.81. The quantitative estimate of drug-likeness (QED) is 0.170. The lowest BCUT2D eigenvalue weighted by atomic mass is 9.94. The number of thiophene rings is 1. The number of aryl methyl sites for hydroxylation is 1. The van der Waals surface area contributed by atoms with Crippen molar-refractivity contribution in [3.8, 4) is 33.4 Å². The zero-order chi connectivity index (χ0) is 36.3. The maximum Gasteiger partial charge on any atom is 0.143 e. The second-order valence-electron chi connectivity index (χ2n) is 14.4. The van der Waals surface area contributed by atoms with Crippen molar-refractivity contribution in [2.75, 3.05) is 4.90 Å². The van der Waals surface area contributed by atoms with Crippen LogP contribution in [0.1, 0.15) is 16.9 Å². The Morgan fingerprint density at radius 2 is 1.20 bits per heavy atom. The van der Waals surface area contributed by atoms with Gasteiger partial charge in [0.1, 0.15) is 11.2 Å². The molecule has 1 aliphatic carbocycles. The molecule has 0 spiro atoms. The van der Waals surface area contributed by atoms with Gasteiger partial charge >= 0.3 is 0 Å². The molecule has 0 unspecified atom stereocenters. The van der Waals surface area contributed by atoms with Crippen LogP contribution in [-0.2, 0) is 6.42 Å². The molecule has 1 aliphatic rings. The van der Waals surface area contributed by atoms with E-state index >= 15 is 0 Å². The van der Waals surface area contributed by atoms with Gasteiger partial charge < -0.3 is 9.32 Å². The fourth-order valence-corrected chi connectivity index (χ4v) is 9.77. The Morgan fingerprint density at radius 1 is 0.473 bits per heavy atom. The van der Waals surface area contributed by atoms with Crippen molar-refractivity contribution in [1.29, 1.82) is 0 Å². The summed E-state index contributed by atoms with van der Waals surface area (Å²) >= 11 is 1.90. The summed E-state index contributed by atoms with van der Waals surface area (Å²) in [4.78, 5) is 3.86. The molecule has 0 bridgehead atoms. The van der Waals surface area contributed by atoms with Gasteiger partial charge in [-0.05, 0) is 106 Å². The van der Waals surface area contributed by atoms with Gasteiger partial charge in [-0.3, -0.25) is 0 Å². The molecule has 8 aromatic carbocycles. The monoisotopic (exact) mass is 721 g/mol. The molecule has 0 radical (unpaired) electrons. The number of rotatable bonds is 6. The van der Waals surface area contributed by atoms with E-state index in [0.717, 1.165) is 68.5 Å². The van der Waals surface area contributed by atoms with Crippen LogP contribution in [0, 0.1) is 0 Å². The normalized spacial score (nSPS) is 12.5. The lowest BCUT2D eigenvalue weighted by Crippen LogP contribution is -2.11. The van der Waals surface area contributed by atoms with Crippen molar-refractivity contribution < 1.29 is 4.42 Å². The molecule has 0 aliphatic heterocycles. The molecule has 0 atom stereocenters. The van der Waals surface area contributed by atoms with Gasteiger partial charge in [-0.25, -0.2) is 0 Å². The van der Waals surface area contributed by atoms with E-state index in [0.29, 0.717) is 0 Å². The molecule has 0 N–H and O–H groups in total. The number of furan rings is 1. The summed E-state index contributed by atoms with van der Waals surface area (Å²) < 4.78 is 7.95. The van der Waals surface area contributed by atoms with Crippen LogP contribution >= 0.6 is 11.3 Å². The molecular weight excluding hydrogens is 687 g/mol. The SMILES string of the molecule is C1=Cc2sc3cc(N(c4cc(-c5ccccc5)cc(-c5cccc6c5oc5ccccc56)c4)c4ccc(-c5ccccc5)c5ccccc45)ccc3c2CC1. The summed E-state index contributed by atoms with van der Waals surface area (Å²) in [5.41, 5.74) is 13.6. The Bertz CT molecular complexity index is 3100. The van der Waals surface area contributed by atoms with Gasteiger partial charge in [0.15, 0.2) is 0 Å². The van der Waals surface area contributed by atoms with Gasteiger partial charge in [-0.2, -0.15) is 0 Å². The number of nitrogens with zero attached hydrogens (tertiary/aromatic N) is 1. The molecule has 11 rings (SSSR count). The van der Waals surface area contributed by atoms with Gasteiger partial charge in [0.25, 0.3) is 0 Å². The largest absolute Gasteiger partial charge is 0.455 e. The van der Waals surface area contributed by atoms with Crippen molar-refractivity contribution >= 4 is 77.3 Å². The smallest absolute Gasteiger partial charge is 0.143 e. The first-order chi connectivity index (χ1) is 27.3. The van der Waals surface area contributed by atoms with Crippen LogP contribution in [0.2, 0.25) is 0 Å². The number of hydrogen-bond donors (Lipinski definition) is 0. The van der Waals surface area contributed by atoms with Crippen molar-refractivity contribution in [1.82, 2.24) is 0 Å². The Balaban J connectivity index is 1.20. The first-order valence-electron chi connectivity index (χ1n) is 19.0. The number of benzene rings is 8. The molecule has 10 aromatic rings. The first kappa shape index (κ1) is 31.8. The third-order valence-corrected chi connectivity index (χ3v) is 12.3. The average Bonchev–Trinajstić information content (AvgIpc) is 3.83. The Morgan fingerprint density at radius 3 is 2.05 bits per heavy atom. The van der Waals surface area contributed by atoms with Crippen LogP contribution in [0.5, 0.6) is 0 Å². The zero-order valence-electron chi connectivity index (χ0n) is 30.1. The van der Waals surface area contributed by atoms with Crippen LogP contribution in [0.3, 0.4) is 0 Å². The maximum atomic E-state index is 6.64. The highest BCUT2D eigenvalue weighted by Gasteiger charge is 2.22. The van der Waals surface area contributed by atoms with Gasteiger partial charge in [-0.15, -0.1) is 11.3 Å². The molecule has 2 heterocycles. The van der Waals surface area contributed by atoms with Gasteiger partial charge in [0.05, 0.1) is 5.69 Å². The second kappa shape index (κ2) is 13.0. The standard InChI is InChI=1S/C52H35NOS/c1-3-14-34(15-4-1)36-30-37(41-22-13-23-47-44-20-9-11-24-49(44)54-52(41)47)32-39(31-36)53(38-26-27-46-45-21-10-12-25-50(45)55-51(46)33-38)48-29-28-40(35-16-5-2-6-17-35)42-18-7-8-19-43(42)48/h1-9,11-20,22-33H,10,21H2. The highest BCUT2D eigenvalue weighted by atomic mass is 32.1. The highest BCUT2D eigenvalue weighted by Crippen LogP contribution is 2.47. The van der Waals surface area contributed by atoms with Gasteiger partial charge in [0, 0.05) is 42.7 Å². The minimum Gasteiger partial charge on any atom is -0.455 e. The predicted octanol–water partition coefficient (Wildman–Crippen LogP) is 15.4. The lowest BCUT2D eigenvalue weighted by Gasteiger charge is -2.29. The number of hydrogen-bond acceptors (Lipinski definition) is 3. The van der Waals surface area contributed by atoms with Crippen LogP contribution < -0.4 is 4.90 Å². The van der Waals surface area contributed by atoms with Gasteiger partial charge in [0.2, 0.25) is 0 Å². The van der Waals surface area contributed by atoms with E-state index in [1.807, 2.05) is 17.4 Å². The molecule has 0 fully saturated rings. The minimum absolute atomic E-state index is 0.901. The fraction of sp³-hybridized carbons (Fsp3) is 0.0385. The van der Waals surface area contributed by atoms with Crippen molar-refractivity contribution in [3.05, 3.63) is 192 Å². The first-order valence-corrected chi connectivity index (χ1v) is 19.8. The topological polar surface area (TPSA) is 16.4 Å². The summed E-state index contributed by atoms with van der Waals surface area (Å²) in [7, 11) is 0. The molecule has 2 aromatic heterocycles. The van der Waals surface area contributed by atoms with Crippen molar-refractivity contribution in [2.45, 2.75) is 12.8 Å². The Labute approximate surface area is 323 Å². The van der Waals surface area contributed by atoms with E-state index in [1.54, 1.807) is 0 Å². The summed E-state index contributed by atoms with van der Waals surface area (Å²) in [5.74, 6) is 0. The van der Waals surface area contributed by atoms with Crippen LogP contribution in [-0.4, -0.2) is 0 Å². The maximum absolute atomic E-state index is 6.64. The van der Waals surface area contributed by atoms with Crippen LogP contribution in [0.4, 0.5) is 17.1 Å². The molecular formula is C52H35NOS. The van der Waals surface area contributed by atoms with Gasteiger partial charge in [-0.1, -0.05) is 140 Å². The molecule has 260 valence electrons. The van der Waals surface area contributed by atoms with E-state index in [2.05, 4.69) is 187 Å². The lowest BCUT2D eigenvalue weighted by molar-refractivity contribution is 0.670. The molecule has 55 heavy (non-hydrogen) atoms. The third-order valence-electron chi connectivity index (χ3n) is 11.1. The van der Waals surface area contributed by atoms with E-state index in [9.17, 15) is 0 Å². The van der Waals surface area contributed by atoms with Crippen molar-refractivity contribution in [3.63, 3.8) is 0 Å². The highest BCUT2D eigenvalue weighted by molar-refractivity contribution is 7.20. The average molecular weight is 722 g/mol. The van der Waals surface area contributed by atoms with Crippen LogP contribution in [0.25, 0.3) is 82.3 Å². The number of anilines is 3. The third kappa shape index (κ3) is 5.39.